The van der Waals surface area contributed by atoms with Gasteiger partial charge in [0.2, 0.25) is 5.43 Å². The van der Waals surface area contributed by atoms with Crippen LogP contribution in [-0.2, 0) is 22.7 Å². The van der Waals surface area contributed by atoms with Crippen LogP contribution in [0, 0.1) is 29.1 Å². The van der Waals surface area contributed by atoms with Gasteiger partial charge in [0.05, 0.1) is 36.9 Å². The van der Waals surface area contributed by atoms with Gasteiger partial charge < -0.3 is 10.1 Å². The number of esters is 1. The zero-order chi connectivity index (χ0) is 32.2. The highest BCUT2D eigenvalue weighted by molar-refractivity contribution is 5.99. The third kappa shape index (κ3) is 6.07. The quantitative estimate of drug-likeness (QED) is 0.0829. The number of hydroxylamine groups is 1. The van der Waals surface area contributed by atoms with Gasteiger partial charge in [-0.15, -0.1) is 0 Å². The number of aromatic nitrogens is 2. The zero-order valence-electron chi connectivity index (χ0n) is 23.9. The first-order valence-electron chi connectivity index (χ1n) is 13.6. The monoisotopic (exact) mass is 624 g/mol. The minimum Gasteiger partial charge on any atom is -0.462 e. The zero-order valence-corrected chi connectivity index (χ0v) is 23.9. The number of pyridine rings is 2. The first kappa shape index (κ1) is 31.1. The van der Waals surface area contributed by atoms with Crippen molar-refractivity contribution in [2.24, 2.45) is 0 Å². The van der Waals surface area contributed by atoms with E-state index in [9.17, 15) is 9.59 Å². The van der Waals surface area contributed by atoms with Crippen LogP contribution in [0.15, 0.2) is 77.7 Å². The molecule has 5 aromatic rings. The molecule has 0 atom stereocenters. The molecule has 0 amide bonds. The summed E-state index contributed by atoms with van der Waals surface area (Å²) in [6.07, 6.45) is 0.686. The van der Waals surface area contributed by atoms with Crippen molar-refractivity contribution in [3.63, 3.8) is 0 Å². The maximum atomic E-state index is 15.7. The average molecular weight is 625 g/mol. The maximum absolute atomic E-state index is 15.7. The molecule has 2 heterocycles. The SMILES string of the molecule is CCOC(=O)c1cn(-c2nc(N(Cc3ccccc3)OC)c(F)cc2F)c2c(F)c(F)c(F)c(NCc3ccccc3)c2c1=O. The summed E-state index contributed by atoms with van der Waals surface area (Å²) in [5.74, 6) is -10.8. The Labute approximate surface area is 253 Å². The molecule has 0 spiro atoms. The van der Waals surface area contributed by atoms with Crippen LogP contribution in [0.25, 0.3) is 16.7 Å². The molecule has 2 aromatic heterocycles. The number of rotatable bonds is 10. The molecule has 13 heteroatoms. The summed E-state index contributed by atoms with van der Waals surface area (Å²) in [7, 11) is 1.21. The Hall–Kier alpha value is -5.30. The van der Waals surface area contributed by atoms with Crippen LogP contribution in [0.2, 0.25) is 0 Å². The van der Waals surface area contributed by atoms with Crippen molar-refractivity contribution in [1.82, 2.24) is 9.55 Å². The minimum absolute atomic E-state index is 0.0624. The molecule has 0 fully saturated rings. The van der Waals surface area contributed by atoms with E-state index in [-0.39, 0.29) is 19.7 Å². The highest BCUT2D eigenvalue weighted by Crippen LogP contribution is 2.33. The second-order valence-electron chi connectivity index (χ2n) is 9.65. The molecular weight excluding hydrogens is 599 g/mol. The summed E-state index contributed by atoms with van der Waals surface area (Å²) in [6.45, 7) is 1.07. The lowest BCUT2D eigenvalue weighted by atomic mass is 10.1. The number of benzene rings is 3. The van der Waals surface area contributed by atoms with E-state index in [1.165, 1.54) is 14.0 Å². The van der Waals surface area contributed by atoms with E-state index in [0.29, 0.717) is 28.0 Å². The molecule has 8 nitrogen and oxygen atoms in total. The Kier molecular flexibility index (Phi) is 9.09. The number of fused-ring (bicyclic) bond motifs is 1. The molecule has 0 bridgehead atoms. The lowest BCUT2D eigenvalue weighted by Gasteiger charge is -2.23. The van der Waals surface area contributed by atoms with Gasteiger partial charge in [-0.3, -0.25) is 14.2 Å². The largest absolute Gasteiger partial charge is 0.462 e. The Bertz CT molecular complexity index is 1940. The number of carbonyl (C=O) groups excluding carboxylic acids is 1. The molecule has 1 N–H and O–H groups in total. The first-order chi connectivity index (χ1) is 21.7. The van der Waals surface area contributed by atoms with Crippen LogP contribution in [0.5, 0.6) is 0 Å². The fraction of sp³-hybridized carbons (Fsp3) is 0.156. The topological polar surface area (TPSA) is 85.7 Å². The lowest BCUT2D eigenvalue weighted by molar-refractivity contribution is 0.0524. The Balaban J connectivity index is 1.79. The van der Waals surface area contributed by atoms with Crippen LogP contribution in [0.4, 0.5) is 33.5 Å². The van der Waals surface area contributed by atoms with Gasteiger partial charge in [0.25, 0.3) is 0 Å². The fourth-order valence-electron chi connectivity index (χ4n) is 4.72. The number of nitrogens with zero attached hydrogens (tertiary/aromatic N) is 3. The molecular formula is C32H25F5N4O4. The van der Waals surface area contributed by atoms with Gasteiger partial charge in [-0.25, -0.2) is 36.8 Å². The molecule has 5 rings (SSSR count). The highest BCUT2D eigenvalue weighted by Gasteiger charge is 2.30. The van der Waals surface area contributed by atoms with E-state index in [1.807, 2.05) is 0 Å². The molecule has 3 aromatic carbocycles. The highest BCUT2D eigenvalue weighted by atomic mass is 19.2. The van der Waals surface area contributed by atoms with E-state index >= 15 is 22.0 Å². The van der Waals surface area contributed by atoms with Crippen LogP contribution in [-0.4, -0.2) is 29.2 Å². The normalized spacial score (nSPS) is 11.1. The number of nitrogens with one attached hydrogen (secondary N) is 1. The number of anilines is 2. The van der Waals surface area contributed by atoms with Crippen molar-refractivity contribution in [1.29, 1.82) is 0 Å². The van der Waals surface area contributed by atoms with Gasteiger partial charge in [-0.1, -0.05) is 60.7 Å². The van der Waals surface area contributed by atoms with Gasteiger partial charge in [0.15, 0.2) is 40.7 Å². The van der Waals surface area contributed by atoms with Crippen molar-refractivity contribution in [2.75, 3.05) is 24.1 Å². The maximum Gasteiger partial charge on any atom is 0.343 e. The van der Waals surface area contributed by atoms with Crippen molar-refractivity contribution >= 4 is 28.4 Å². The molecule has 0 saturated heterocycles. The third-order valence-electron chi connectivity index (χ3n) is 6.82. The summed E-state index contributed by atoms with van der Waals surface area (Å²) in [4.78, 5) is 35.8. The predicted molar refractivity (Wildman–Crippen MR) is 156 cm³/mol. The third-order valence-corrected chi connectivity index (χ3v) is 6.82. The molecule has 0 unspecified atom stereocenters. The lowest BCUT2D eigenvalue weighted by Crippen LogP contribution is -2.26. The summed E-state index contributed by atoms with van der Waals surface area (Å²) < 4.78 is 82.3. The molecule has 0 saturated carbocycles. The Morgan fingerprint density at radius 3 is 2.18 bits per heavy atom. The first-order valence-corrected chi connectivity index (χ1v) is 13.6. The summed E-state index contributed by atoms with van der Waals surface area (Å²) in [5.41, 5.74) is -2.49. The van der Waals surface area contributed by atoms with Crippen LogP contribution in [0.1, 0.15) is 28.4 Å². The minimum atomic E-state index is -1.99. The number of ether oxygens (including phenoxy) is 1. The summed E-state index contributed by atoms with van der Waals surface area (Å²) in [6, 6.07) is 17.5. The fourth-order valence-corrected chi connectivity index (χ4v) is 4.72. The molecule has 45 heavy (non-hydrogen) atoms. The van der Waals surface area contributed by atoms with Gasteiger partial charge in [-0.2, -0.15) is 0 Å². The van der Waals surface area contributed by atoms with Gasteiger partial charge in [-0.05, 0) is 18.1 Å². The summed E-state index contributed by atoms with van der Waals surface area (Å²) in [5, 5.41) is 2.75. The van der Waals surface area contributed by atoms with Gasteiger partial charge in [0, 0.05) is 18.8 Å². The van der Waals surface area contributed by atoms with E-state index in [4.69, 9.17) is 9.57 Å². The van der Waals surface area contributed by atoms with Crippen LogP contribution < -0.4 is 15.8 Å². The second kappa shape index (κ2) is 13.1. The van der Waals surface area contributed by atoms with Crippen LogP contribution >= 0.6 is 0 Å². The van der Waals surface area contributed by atoms with Crippen LogP contribution in [0.3, 0.4) is 0 Å². The number of halogens is 5. The average Bonchev–Trinajstić information content (AvgIpc) is 3.04. The van der Waals surface area contributed by atoms with E-state index in [0.717, 1.165) is 5.06 Å². The van der Waals surface area contributed by atoms with Crippen molar-refractivity contribution in [3.05, 3.63) is 129 Å². The van der Waals surface area contributed by atoms with Gasteiger partial charge in [0.1, 0.15) is 5.56 Å². The number of hydrogen-bond donors (Lipinski definition) is 1. The molecule has 232 valence electrons. The van der Waals surface area contributed by atoms with Crippen molar-refractivity contribution < 1.29 is 36.3 Å². The Morgan fingerprint density at radius 1 is 0.911 bits per heavy atom. The predicted octanol–water partition coefficient (Wildman–Crippen LogP) is 6.44. The second-order valence-corrected chi connectivity index (χ2v) is 9.65. The molecule has 0 aliphatic rings. The van der Waals surface area contributed by atoms with E-state index < -0.39 is 74.3 Å². The van der Waals surface area contributed by atoms with E-state index in [1.54, 1.807) is 60.7 Å². The summed E-state index contributed by atoms with van der Waals surface area (Å²) >= 11 is 0. The number of carbonyl (C=O) groups is 1. The Morgan fingerprint density at radius 2 is 1.56 bits per heavy atom. The smallest absolute Gasteiger partial charge is 0.343 e. The molecule has 0 radical (unpaired) electrons. The molecule has 0 aliphatic carbocycles. The number of hydrogen-bond acceptors (Lipinski definition) is 7. The standard InChI is InChI=1S/C32H25F5N4O4/c1-3-45-32(43)20-17-40(30-21(33)14-22(34)31(39-30)41(44-2)16-19-12-8-5-9-13-19)28-23(29(20)42)27(25(36)24(35)26(28)37)38-15-18-10-6-4-7-11-18/h4-14,17,38H,3,15-16H2,1-2H3. The van der Waals surface area contributed by atoms with Gasteiger partial charge >= 0.3 is 5.97 Å². The van der Waals surface area contributed by atoms with Crippen molar-refractivity contribution in [2.45, 2.75) is 20.0 Å². The van der Waals surface area contributed by atoms with E-state index in [2.05, 4.69) is 10.3 Å². The van der Waals surface area contributed by atoms with Crippen molar-refractivity contribution in [3.8, 4) is 5.82 Å². The molecule has 0 aliphatic heterocycles.